The molecule has 6 heteroatoms. The van der Waals surface area contributed by atoms with Crippen molar-refractivity contribution in [2.24, 2.45) is 0 Å². The smallest absolute Gasteiger partial charge is 0.361 e. The molecule has 0 saturated carbocycles. The van der Waals surface area contributed by atoms with Gasteiger partial charge in [-0.15, -0.1) is 0 Å². The topological polar surface area (TPSA) is 44.9 Å². The minimum absolute atomic E-state index is 0.0296. The zero-order chi connectivity index (χ0) is 24.3. The van der Waals surface area contributed by atoms with E-state index in [9.17, 15) is 18.0 Å². The largest absolute Gasteiger partial charge is 0.416 e. The highest BCUT2D eigenvalue weighted by Gasteiger charge is 2.32. The van der Waals surface area contributed by atoms with Crippen molar-refractivity contribution in [1.82, 2.24) is 10.3 Å². The summed E-state index contributed by atoms with van der Waals surface area (Å²) in [5.74, 6) is -0.758. The number of aromatic amines is 1. The summed E-state index contributed by atoms with van der Waals surface area (Å²) in [4.78, 5) is 16.4. The summed E-state index contributed by atoms with van der Waals surface area (Å²) >= 11 is 0. The maximum absolute atomic E-state index is 13.5. The Labute approximate surface area is 197 Å². The zero-order valence-electron chi connectivity index (χ0n) is 19.1. The van der Waals surface area contributed by atoms with Crippen LogP contribution in [0.4, 0.5) is 13.2 Å². The lowest BCUT2D eigenvalue weighted by Gasteiger charge is -2.21. The van der Waals surface area contributed by atoms with Crippen LogP contribution in [0.5, 0.6) is 0 Å². The molecule has 0 unspecified atom stereocenters. The lowest BCUT2D eigenvalue weighted by Crippen LogP contribution is -2.28. The predicted octanol–water partition coefficient (Wildman–Crippen LogP) is 7.15. The minimum atomic E-state index is -4.46. The van der Waals surface area contributed by atoms with Gasteiger partial charge in [0.15, 0.2) is 0 Å². The number of hydrogen-bond donors (Lipinski definition) is 2. The Morgan fingerprint density at radius 1 is 0.971 bits per heavy atom. The Morgan fingerprint density at radius 3 is 2.38 bits per heavy atom. The Morgan fingerprint density at radius 2 is 1.68 bits per heavy atom. The third-order valence-corrected chi connectivity index (χ3v) is 6.27. The number of hydrogen-bond acceptors (Lipinski definition) is 1. The molecule has 1 heterocycles. The predicted molar refractivity (Wildman–Crippen MR) is 129 cm³/mol. The quantitative estimate of drug-likeness (QED) is 0.300. The summed E-state index contributed by atoms with van der Waals surface area (Å²) in [5, 5.41) is 3.92. The fourth-order valence-electron chi connectivity index (χ4n) is 4.47. The van der Waals surface area contributed by atoms with E-state index in [0.29, 0.717) is 5.56 Å². The van der Waals surface area contributed by atoms with E-state index in [2.05, 4.69) is 17.2 Å². The second-order valence-electron chi connectivity index (χ2n) is 8.52. The number of carbonyl (C=O) groups excluding carboxylic acids is 1. The van der Waals surface area contributed by atoms with Crippen molar-refractivity contribution in [3.63, 3.8) is 0 Å². The first kappa shape index (κ1) is 23.6. The molecule has 0 aliphatic rings. The molecule has 0 spiro atoms. The van der Waals surface area contributed by atoms with Crippen molar-refractivity contribution in [3.8, 4) is 0 Å². The second kappa shape index (κ2) is 9.75. The number of alkyl halides is 3. The molecule has 0 radical (unpaired) electrons. The average molecular weight is 465 g/mol. The number of nitrogens with one attached hydrogen (secondary N) is 2. The van der Waals surface area contributed by atoms with Crippen molar-refractivity contribution < 1.29 is 18.0 Å². The number of aryl methyl sites for hydroxylation is 1. The molecule has 3 nitrogen and oxygen atoms in total. The first-order valence-electron chi connectivity index (χ1n) is 11.4. The number of halogens is 3. The van der Waals surface area contributed by atoms with Crippen LogP contribution in [-0.2, 0) is 17.4 Å². The number of carbonyl (C=O) groups is 1. The van der Waals surface area contributed by atoms with Crippen LogP contribution in [-0.4, -0.2) is 10.9 Å². The molecule has 2 atom stereocenters. The standard InChI is InChI=1S/C28H27F3N2O/c1-3-19-11-8-14-23-25(17-32-27(19)23)24(21-12-7-13-22(15-21)28(29,30)31)16-26(34)33-18(2)20-9-5-4-6-10-20/h4-15,17-18,24,32H,3,16H2,1-2H3,(H,33,34)/t18-,24+/m0/s1. The molecule has 0 saturated heterocycles. The average Bonchev–Trinajstić information content (AvgIpc) is 3.26. The number of benzene rings is 3. The molecule has 34 heavy (non-hydrogen) atoms. The number of fused-ring (bicyclic) bond motifs is 1. The maximum atomic E-state index is 13.5. The first-order chi connectivity index (χ1) is 16.3. The van der Waals surface area contributed by atoms with Gasteiger partial charge >= 0.3 is 6.18 Å². The van der Waals surface area contributed by atoms with E-state index < -0.39 is 17.7 Å². The van der Waals surface area contributed by atoms with Crippen LogP contribution in [0.15, 0.2) is 79.0 Å². The van der Waals surface area contributed by atoms with Crippen LogP contribution >= 0.6 is 0 Å². The molecule has 4 rings (SSSR count). The Bertz CT molecular complexity index is 1280. The summed E-state index contributed by atoms with van der Waals surface area (Å²) in [6, 6.07) is 20.6. The lowest BCUT2D eigenvalue weighted by atomic mass is 9.86. The van der Waals surface area contributed by atoms with E-state index in [1.165, 1.54) is 6.07 Å². The van der Waals surface area contributed by atoms with Crippen LogP contribution in [0.25, 0.3) is 10.9 Å². The Balaban J connectivity index is 1.72. The molecular weight excluding hydrogens is 437 g/mol. The molecule has 176 valence electrons. The molecule has 2 N–H and O–H groups in total. The molecular formula is C28H27F3N2O. The normalized spacial score (nSPS) is 13.6. The van der Waals surface area contributed by atoms with Crippen molar-refractivity contribution in [2.45, 2.75) is 44.8 Å². The highest BCUT2D eigenvalue weighted by atomic mass is 19.4. The lowest BCUT2D eigenvalue weighted by molar-refractivity contribution is -0.137. The third-order valence-electron chi connectivity index (χ3n) is 6.27. The zero-order valence-corrected chi connectivity index (χ0v) is 19.1. The van der Waals surface area contributed by atoms with Gasteiger partial charge in [-0.25, -0.2) is 0 Å². The summed E-state index contributed by atoms with van der Waals surface area (Å²) < 4.78 is 40.4. The van der Waals surface area contributed by atoms with E-state index >= 15 is 0 Å². The molecule has 0 aliphatic heterocycles. The summed E-state index contributed by atoms with van der Waals surface area (Å²) in [5.41, 5.74) is 3.59. The molecule has 0 aliphatic carbocycles. The van der Waals surface area contributed by atoms with Gasteiger partial charge in [-0.1, -0.05) is 73.7 Å². The fourth-order valence-corrected chi connectivity index (χ4v) is 4.47. The second-order valence-corrected chi connectivity index (χ2v) is 8.52. The van der Waals surface area contributed by atoms with Crippen molar-refractivity contribution >= 4 is 16.8 Å². The van der Waals surface area contributed by atoms with Gasteiger partial charge in [-0.2, -0.15) is 13.2 Å². The summed E-state index contributed by atoms with van der Waals surface area (Å²) in [7, 11) is 0. The van der Waals surface area contributed by atoms with Gasteiger partial charge in [-0.05, 0) is 41.7 Å². The van der Waals surface area contributed by atoms with Gasteiger partial charge in [0.25, 0.3) is 0 Å². The molecule has 1 aromatic heterocycles. The van der Waals surface area contributed by atoms with Crippen LogP contribution < -0.4 is 5.32 Å². The number of H-pyrrole nitrogens is 1. The van der Waals surface area contributed by atoms with Crippen molar-refractivity contribution in [1.29, 1.82) is 0 Å². The van der Waals surface area contributed by atoms with E-state index in [0.717, 1.165) is 46.1 Å². The number of amides is 1. The van der Waals surface area contributed by atoms with Crippen LogP contribution in [0.3, 0.4) is 0 Å². The Hall–Kier alpha value is -3.54. The van der Waals surface area contributed by atoms with Gasteiger partial charge in [0.05, 0.1) is 11.6 Å². The van der Waals surface area contributed by atoms with Crippen molar-refractivity contribution in [3.05, 3.63) is 107 Å². The van der Waals surface area contributed by atoms with Gasteiger partial charge in [0.2, 0.25) is 5.91 Å². The maximum Gasteiger partial charge on any atom is 0.416 e. The van der Waals surface area contributed by atoms with Crippen LogP contribution in [0.2, 0.25) is 0 Å². The third kappa shape index (κ3) is 5.01. The number of aromatic nitrogens is 1. The van der Waals surface area contributed by atoms with Gasteiger partial charge in [0, 0.05) is 29.4 Å². The molecule has 0 bridgehead atoms. The monoisotopic (exact) mass is 464 g/mol. The molecule has 1 amide bonds. The van der Waals surface area contributed by atoms with Crippen LogP contribution in [0, 0.1) is 0 Å². The minimum Gasteiger partial charge on any atom is -0.361 e. The van der Waals surface area contributed by atoms with Crippen LogP contribution in [0.1, 0.15) is 60.0 Å². The van der Waals surface area contributed by atoms with E-state index in [-0.39, 0.29) is 18.4 Å². The number of rotatable bonds is 7. The number of para-hydroxylation sites is 1. The molecule has 4 aromatic rings. The highest BCUT2D eigenvalue weighted by molar-refractivity contribution is 5.88. The van der Waals surface area contributed by atoms with Gasteiger partial charge in [0.1, 0.15) is 0 Å². The van der Waals surface area contributed by atoms with E-state index in [1.54, 1.807) is 6.07 Å². The highest BCUT2D eigenvalue weighted by Crippen LogP contribution is 2.37. The summed E-state index contributed by atoms with van der Waals surface area (Å²) in [6.07, 6.45) is -1.79. The van der Waals surface area contributed by atoms with Crippen molar-refractivity contribution in [2.75, 3.05) is 0 Å². The fraction of sp³-hybridized carbons (Fsp3) is 0.250. The SMILES string of the molecule is CCc1cccc2c([C@H](CC(=O)N[C@@H](C)c3ccccc3)c3cccc(C(F)(F)F)c3)c[nH]c12. The summed E-state index contributed by atoms with van der Waals surface area (Å²) in [6.45, 7) is 3.95. The molecule has 0 fully saturated rings. The molecule has 3 aromatic carbocycles. The first-order valence-corrected chi connectivity index (χ1v) is 11.4. The Kier molecular flexibility index (Phi) is 6.77. The van der Waals surface area contributed by atoms with Gasteiger partial charge < -0.3 is 10.3 Å². The van der Waals surface area contributed by atoms with Gasteiger partial charge in [-0.3, -0.25) is 4.79 Å². The van der Waals surface area contributed by atoms with E-state index in [1.807, 2.05) is 61.7 Å². The van der Waals surface area contributed by atoms with E-state index in [4.69, 9.17) is 0 Å².